The fraction of sp³-hybridized carbons (Fsp3) is 0.500. The topological polar surface area (TPSA) is 46.5 Å². The molecular weight excluding hydrogens is 324 g/mol. The number of thioether (sulfide) groups is 1. The summed E-state index contributed by atoms with van der Waals surface area (Å²) in [4.78, 5) is 11.5. The molecule has 0 radical (unpaired) electrons. The first-order valence-electron chi connectivity index (χ1n) is 6.46. The predicted molar refractivity (Wildman–Crippen MR) is 74.7 cm³/mol. The van der Waals surface area contributed by atoms with Crippen molar-refractivity contribution >= 4 is 17.5 Å². The molecule has 0 heterocycles. The van der Waals surface area contributed by atoms with Crippen LogP contribution in [0.1, 0.15) is 19.8 Å². The van der Waals surface area contributed by atoms with Crippen LogP contribution in [0.4, 0.5) is 17.6 Å². The maximum atomic E-state index is 12.7. The van der Waals surface area contributed by atoms with Gasteiger partial charge in [0.15, 0.2) is 0 Å². The highest BCUT2D eigenvalue weighted by Gasteiger charge is 2.43. The molecule has 1 unspecified atom stereocenters. The van der Waals surface area contributed by atoms with Crippen molar-refractivity contribution in [2.24, 2.45) is 0 Å². The minimum Gasteiger partial charge on any atom is -0.428 e. The molecule has 0 aromatic heterocycles. The molecule has 0 aliphatic carbocycles. The molecule has 8 heteroatoms. The summed E-state index contributed by atoms with van der Waals surface area (Å²) in [5.74, 6) is 0.0761. The van der Waals surface area contributed by atoms with E-state index in [0.717, 1.165) is 0 Å². The number of hydrogen-bond donors (Lipinski definition) is 1. The Hall–Kier alpha value is -1.28. The Morgan fingerprint density at radius 3 is 2.41 bits per heavy atom. The normalized spacial score (nSPS) is 13.2. The van der Waals surface area contributed by atoms with Crippen LogP contribution < -0.4 is 4.74 Å². The van der Waals surface area contributed by atoms with E-state index in [-0.39, 0.29) is 18.0 Å². The van der Waals surface area contributed by atoms with Crippen molar-refractivity contribution in [1.29, 1.82) is 0 Å². The Labute approximate surface area is 129 Å². The SMILES string of the molecule is CC(=O)CC(O)CCSc1ccc(OC(F)(F)C(F)F)cc1. The molecular formula is C14H16F4O3S. The first kappa shape index (κ1) is 18.8. The number of ether oxygens (including phenoxy) is 1. The number of halogens is 4. The summed E-state index contributed by atoms with van der Waals surface area (Å²) in [5.41, 5.74) is 0. The lowest BCUT2D eigenvalue weighted by molar-refractivity contribution is -0.253. The van der Waals surface area contributed by atoms with Gasteiger partial charge in [0, 0.05) is 17.1 Å². The Kier molecular flexibility index (Phi) is 7.15. The first-order chi connectivity index (χ1) is 10.2. The van der Waals surface area contributed by atoms with Gasteiger partial charge in [-0.05, 0) is 37.6 Å². The molecule has 0 bridgehead atoms. The average molecular weight is 340 g/mol. The van der Waals surface area contributed by atoms with Crippen LogP contribution in [0, 0.1) is 0 Å². The van der Waals surface area contributed by atoms with Gasteiger partial charge in [0.2, 0.25) is 0 Å². The number of carbonyl (C=O) groups is 1. The third-order valence-corrected chi connectivity index (χ3v) is 3.62. The smallest absolute Gasteiger partial charge is 0.428 e. The highest BCUT2D eigenvalue weighted by atomic mass is 32.2. The van der Waals surface area contributed by atoms with Crippen molar-refractivity contribution in [2.45, 2.75) is 43.3 Å². The quantitative estimate of drug-likeness (QED) is 0.549. The average Bonchev–Trinajstić information content (AvgIpc) is 2.39. The lowest BCUT2D eigenvalue weighted by atomic mass is 10.1. The van der Waals surface area contributed by atoms with E-state index in [1.165, 1.54) is 43.0 Å². The van der Waals surface area contributed by atoms with Crippen LogP contribution >= 0.6 is 11.8 Å². The van der Waals surface area contributed by atoms with Crippen LogP contribution in [0.5, 0.6) is 5.75 Å². The van der Waals surface area contributed by atoms with E-state index in [1.54, 1.807) is 0 Å². The number of aliphatic hydroxyl groups is 1. The number of carbonyl (C=O) groups excluding carboxylic acids is 1. The molecule has 1 N–H and O–H groups in total. The highest BCUT2D eigenvalue weighted by Crippen LogP contribution is 2.29. The van der Waals surface area contributed by atoms with Crippen LogP contribution in [0.15, 0.2) is 29.2 Å². The zero-order valence-corrected chi connectivity index (χ0v) is 12.6. The third kappa shape index (κ3) is 6.65. The third-order valence-electron chi connectivity index (χ3n) is 2.57. The fourth-order valence-corrected chi connectivity index (χ4v) is 2.51. The summed E-state index contributed by atoms with van der Waals surface area (Å²) in [7, 11) is 0. The second-order valence-electron chi connectivity index (χ2n) is 4.63. The van der Waals surface area contributed by atoms with Gasteiger partial charge >= 0.3 is 12.5 Å². The molecule has 0 fully saturated rings. The van der Waals surface area contributed by atoms with E-state index in [2.05, 4.69) is 4.74 Å². The maximum Gasteiger partial charge on any atom is 0.461 e. The molecule has 0 amide bonds. The van der Waals surface area contributed by atoms with Gasteiger partial charge < -0.3 is 9.84 Å². The Bertz CT molecular complexity index is 479. The molecule has 0 aliphatic heterocycles. The van der Waals surface area contributed by atoms with Gasteiger partial charge in [-0.2, -0.15) is 17.6 Å². The molecule has 0 aliphatic rings. The van der Waals surface area contributed by atoms with Crippen molar-refractivity contribution in [2.75, 3.05) is 5.75 Å². The van der Waals surface area contributed by atoms with Crippen LogP contribution in [0.2, 0.25) is 0 Å². The molecule has 3 nitrogen and oxygen atoms in total. The molecule has 0 spiro atoms. The fourth-order valence-electron chi connectivity index (χ4n) is 1.55. The largest absolute Gasteiger partial charge is 0.461 e. The molecule has 1 aromatic rings. The van der Waals surface area contributed by atoms with Crippen LogP contribution in [-0.4, -0.2) is 35.3 Å². The maximum absolute atomic E-state index is 12.7. The number of Topliss-reactive ketones (excluding diaryl/α,β-unsaturated/α-hetero) is 1. The van der Waals surface area contributed by atoms with E-state index in [9.17, 15) is 27.5 Å². The van der Waals surface area contributed by atoms with Gasteiger partial charge in [-0.15, -0.1) is 11.8 Å². The molecule has 124 valence electrons. The Balaban J connectivity index is 2.44. The summed E-state index contributed by atoms with van der Waals surface area (Å²) in [6.45, 7) is 1.39. The number of aliphatic hydroxyl groups excluding tert-OH is 1. The van der Waals surface area contributed by atoms with Crippen molar-refractivity contribution in [3.05, 3.63) is 24.3 Å². The van der Waals surface area contributed by atoms with Gasteiger partial charge in [0.05, 0.1) is 6.10 Å². The highest BCUT2D eigenvalue weighted by molar-refractivity contribution is 7.99. The number of ketones is 1. The molecule has 1 atom stereocenters. The summed E-state index contributed by atoms with van der Waals surface area (Å²) < 4.78 is 53.3. The zero-order valence-electron chi connectivity index (χ0n) is 11.8. The minimum absolute atomic E-state index is 0.0933. The second-order valence-corrected chi connectivity index (χ2v) is 5.80. The summed E-state index contributed by atoms with van der Waals surface area (Å²) >= 11 is 1.35. The standard InChI is InChI=1S/C14H16F4O3S/c1-9(19)8-10(20)6-7-22-12-4-2-11(3-5-12)21-14(17,18)13(15)16/h2-5,10,13,20H,6-8H2,1H3. The van der Waals surface area contributed by atoms with Crippen molar-refractivity contribution in [3.8, 4) is 5.75 Å². The van der Waals surface area contributed by atoms with Gasteiger partial charge in [-0.1, -0.05) is 0 Å². The predicted octanol–water partition coefficient (Wildman–Crippen LogP) is 3.75. The van der Waals surface area contributed by atoms with Gasteiger partial charge in [0.1, 0.15) is 11.5 Å². The lowest BCUT2D eigenvalue weighted by Gasteiger charge is -2.16. The van der Waals surface area contributed by atoms with Gasteiger partial charge in [-0.25, -0.2) is 0 Å². The van der Waals surface area contributed by atoms with E-state index in [4.69, 9.17) is 0 Å². The van der Waals surface area contributed by atoms with E-state index in [0.29, 0.717) is 17.1 Å². The molecule has 22 heavy (non-hydrogen) atoms. The minimum atomic E-state index is -4.52. The molecule has 0 saturated heterocycles. The lowest BCUT2D eigenvalue weighted by Crippen LogP contribution is -2.33. The number of rotatable bonds is 9. The second kappa shape index (κ2) is 8.38. The molecule has 1 rings (SSSR count). The summed E-state index contributed by atoms with van der Waals surface area (Å²) in [5, 5.41) is 9.51. The summed E-state index contributed by atoms with van der Waals surface area (Å²) in [6.07, 6.45) is -8.63. The first-order valence-corrected chi connectivity index (χ1v) is 7.44. The number of alkyl halides is 4. The van der Waals surface area contributed by atoms with Crippen molar-refractivity contribution in [1.82, 2.24) is 0 Å². The van der Waals surface area contributed by atoms with E-state index < -0.39 is 18.6 Å². The van der Waals surface area contributed by atoms with Crippen LogP contribution in [0.25, 0.3) is 0 Å². The van der Waals surface area contributed by atoms with Crippen molar-refractivity contribution < 1.29 is 32.2 Å². The van der Waals surface area contributed by atoms with Crippen LogP contribution in [0.3, 0.4) is 0 Å². The van der Waals surface area contributed by atoms with Gasteiger partial charge in [-0.3, -0.25) is 4.79 Å². The molecule has 1 aromatic carbocycles. The Morgan fingerprint density at radius 2 is 1.91 bits per heavy atom. The van der Waals surface area contributed by atoms with Crippen LogP contribution in [-0.2, 0) is 4.79 Å². The van der Waals surface area contributed by atoms with Crippen molar-refractivity contribution in [3.63, 3.8) is 0 Å². The van der Waals surface area contributed by atoms with E-state index in [1.807, 2.05) is 0 Å². The Morgan fingerprint density at radius 1 is 1.32 bits per heavy atom. The monoisotopic (exact) mass is 340 g/mol. The molecule has 0 saturated carbocycles. The number of hydrogen-bond acceptors (Lipinski definition) is 4. The summed E-state index contributed by atoms with van der Waals surface area (Å²) in [6, 6.07) is 5.26. The van der Waals surface area contributed by atoms with E-state index >= 15 is 0 Å². The zero-order chi connectivity index (χ0) is 16.8. The van der Waals surface area contributed by atoms with Gasteiger partial charge in [0.25, 0.3) is 0 Å². The number of benzene rings is 1.